The third-order valence-electron chi connectivity index (χ3n) is 3.66. The van der Waals surface area contributed by atoms with Gasteiger partial charge in [0, 0.05) is 10.5 Å². The zero-order valence-corrected chi connectivity index (χ0v) is 13.0. The van der Waals surface area contributed by atoms with E-state index in [1.54, 1.807) is 24.1 Å². The summed E-state index contributed by atoms with van der Waals surface area (Å²) in [6.45, 7) is 0.128. The molecule has 1 saturated carbocycles. The molecule has 1 fully saturated rings. The van der Waals surface area contributed by atoms with Crippen LogP contribution in [0.1, 0.15) is 36.0 Å². The van der Waals surface area contributed by atoms with E-state index in [9.17, 15) is 4.79 Å². The maximum Gasteiger partial charge on any atom is 0.258 e. The highest BCUT2D eigenvalue weighted by Gasteiger charge is 2.28. The van der Waals surface area contributed by atoms with Crippen LogP contribution in [-0.4, -0.2) is 30.5 Å². The second-order valence-electron chi connectivity index (χ2n) is 4.87. The van der Waals surface area contributed by atoms with Crippen molar-refractivity contribution in [2.75, 3.05) is 13.7 Å². The van der Waals surface area contributed by atoms with Crippen molar-refractivity contribution in [2.45, 2.75) is 31.7 Å². The molecule has 1 aliphatic rings. The fourth-order valence-electron chi connectivity index (χ4n) is 2.66. The minimum atomic E-state index is -0.122. The fourth-order valence-corrected chi connectivity index (χ4v) is 3.00. The van der Waals surface area contributed by atoms with Gasteiger partial charge in [-0.05, 0) is 31.0 Å². The zero-order chi connectivity index (χ0) is 14.5. The predicted molar refractivity (Wildman–Crippen MR) is 79.6 cm³/mol. The summed E-state index contributed by atoms with van der Waals surface area (Å²) in [5.41, 5.74) is 0.512. The molecule has 1 amide bonds. The fraction of sp³-hybridized carbons (Fsp3) is 0.467. The Morgan fingerprint density at radius 3 is 2.80 bits per heavy atom. The minimum Gasteiger partial charge on any atom is -0.496 e. The van der Waals surface area contributed by atoms with Crippen LogP contribution in [0.4, 0.5) is 0 Å². The van der Waals surface area contributed by atoms with E-state index in [0.717, 1.165) is 30.2 Å². The molecular formula is C15H17BrN2O2. The van der Waals surface area contributed by atoms with Gasteiger partial charge in [0.05, 0.1) is 18.7 Å². The Morgan fingerprint density at radius 2 is 2.20 bits per heavy atom. The number of ether oxygens (including phenoxy) is 1. The molecule has 0 spiro atoms. The van der Waals surface area contributed by atoms with Crippen molar-refractivity contribution in [3.63, 3.8) is 0 Å². The maximum absolute atomic E-state index is 12.7. The molecule has 4 nitrogen and oxygen atoms in total. The van der Waals surface area contributed by atoms with Crippen molar-refractivity contribution in [3.8, 4) is 11.8 Å². The van der Waals surface area contributed by atoms with Gasteiger partial charge in [-0.3, -0.25) is 4.79 Å². The molecule has 0 bridgehead atoms. The highest BCUT2D eigenvalue weighted by molar-refractivity contribution is 9.10. The Morgan fingerprint density at radius 1 is 1.50 bits per heavy atom. The number of hydrogen-bond donors (Lipinski definition) is 0. The normalized spacial score (nSPS) is 14.8. The lowest BCUT2D eigenvalue weighted by atomic mass is 10.1. The van der Waals surface area contributed by atoms with Gasteiger partial charge in [-0.25, -0.2) is 0 Å². The number of hydrogen-bond acceptors (Lipinski definition) is 3. The smallest absolute Gasteiger partial charge is 0.258 e. The van der Waals surface area contributed by atoms with Crippen molar-refractivity contribution in [2.24, 2.45) is 0 Å². The van der Waals surface area contributed by atoms with Crippen LogP contribution in [0.25, 0.3) is 0 Å². The molecule has 2 rings (SSSR count). The summed E-state index contributed by atoms with van der Waals surface area (Å²) < 4.78 is 6.14. The highest BCUT2D eigenvalue weighted by Crippen LogP contribution is 2.29. The Balaban J connectivity index is 2.29. The van der Waals surface area contributed by atoms with Gasteiger partial charge in [0.2, 0.25) is 0 Å². The molecule has 0 aromatic heterocycles. The molecule has 0 atom stereocenters. The first-order valence-electron chi connectivity index (χ1n) is 6.69. The van der Waals surface area contributed by atoms with Crippen molar-refractivity contribution in [1.29, 1.82) is 5.26 Å². The first-order valence-corrected chi connectivity index (χ1v) is 7.48. The van der Waals surface area contributed by atoms with Gasteiger partial charge >= 0.3 is 0 Å². The number of carbonyl (C=O) groups excluding carboxylic acids is 1. The first kappa shape index (κ1) is 14.9. The standard InChI is InChI=1S/C15H17BrN2O2/c1-20-14-10-11(16)6-7-13(14)15(19)18(9-8-17)12-4-2-3-5-12/h6-7,10,12H,2-5,9H2,1H3. The number of methoxy groups -OCH3 is 1. The predicted octanol–water partition coefficient (Wildman–Crippen LogP) is 3.37. The Kier molecular flexibility index (Phi) is 5.02. The second kappa shape index (κ2) is 6.76. The minimum absolute atomic E-state index is 0.122. The van der Waals surface area contributed by atoms with Crippen LogP contribution in [0.15, 0.2) is 22.7 Å². The number of rotatable bonds is 4. The van der Waals surface area contributed by atoms with Crippen LogP contribution in [-0.2, 0) is 0 Å². The number of amides is 1. The van der Waals surface area contributed by atoms with Gasteiger partial charge in [-0.15, -0.1) is 0 Å². The summed E-state index contributed by atoms with van der Waals surface area (Å²) >= 11 is 3.36. The van der Waals surface area contributed by atoms with E-state index in [-0.39, 0.29) is 18.5 Å². The molecular weight excluding hydrogens is 320 g/mol. The summed E-state index contributed by atoms with van der Waals surface area (Å²) in [5.74, 6) is 0.410. The molecule has 5 heteroatoms. The number of nitriles is 1. The molecule has 0 unspecified atom stereocenters. The summed E-state index contributed by atoms with van der Waals surface area (Å²) in [4.78, 5) is 14.4. The van der Waals surface area contributed by atoms with Gasteiger partial charge in [-0.1, -0.05) is 28.8 Å². The quantitative estimate of drug-likeness (QED) is 0.792. The molecule has 1 aromatic rings. The molecule has 0 saturated heterocycles. The molecule has 1 aliphatic carbocycles. The Hall–Kier alpha value is -1.54. The van der Waals surface area contributed by atoms with Crippen molar-refractivity contribution in [1.82, 2.24) is 4.90 Å². The van der Waals surface area contributed by atoms with Crippen LogP contribution in [0.3, 0.4) is 0 Å². The molecule has 1 aromatic carbocycles. The lowest BCUT2D eigenvalue weighted by Crippen LogP contribution is -2.39. The third-order valence-corrected chi connectivity index (χ3v) is 4.15. The highest BCUT2D eigenvalue weighted by atomic mass is 79.9. The van der Waals surface area contributed by atoms with Crippen molar-refractivity contribution < 1.29 is 9.53 Å². The first-order chi connectivity index (χ1) is 9.67. The number of benzene rings is 1. The lowest BCUT2D eigenvalue weighted by Gasteiger charge is -2.27. The van der Waals surface area contributed by atoms with E-state index in [0.29, 0.717) is 11.3 Å². The van der Waals surface area contributed by atoms with Gasteiger partial charge in [0.25, 0.3) is 5.91 Å². The SMILES string of the molecule is COc1cc(Br)ccc1C(=O)N(CC#N)C1CCCC1. The van der Waals surface area contributed by atoms with Crippen LogP contribution in [0, 0.1) is 11.3 Å². The molecule has 106 valence electrons. The van der Waals surface area contributed by atoms with Crippen LogP contribution < -0.4 is 4.74 Å². The van der Waals surface area contributed by atoms with E-state index in [1.165, 1.54) is 0 Å². The van der Waals surface area contributed by atoms with E-state index in [2.05, 4.69) is 22.0 Å². The maximum atomic E-state index is 12.7. The van der Waals surface area contributed by atoms with E-state index in [1.807, 2.05) is 6.07 Å². The summed E-state index contributed by atoms with van der Waals surface area (Å²) in [5, 5.41) is 8.98. The average Bonchev–Trinajstić information content (AvgIpc) is 2.97. The monoisotopic (exact) mass is 336 g/mol. The number of nitrogens with zero attached hydrogens (tertiary/aromatic N) is 2. The van der Waals surface area contributed by atoms with Crippen molar-refractivity contribution >= 4 is 21.8 Å². The summed E-state index contributed by atoms with van der Waals surface area (Å²) in [7, 11) is 1.54. The van der Waals surface area contributed by atoms with Crippen LogP contribution >= 0.6 is 15.9 Å². The average molecular weight is 337 g/mol. The molecule has 0 radical (unpaired) electrons. The summed E-state index contributed by atoms with van der Waals surface area (Å²) in [6, 6.07) is 7.60. The zero-order valence-electron chi connectivity index (χ0n) is 11.4. The van der Waals surface area contributed by atoms with E-state index < -0.39 is 0 Å². The lowest BCUT2D eigenvalue weighted by molar-refractivity contribution is 0.0706. The van der Waals surface area contributed by atoms with E-state index >= 15 is 0 Å². The Bertz CT molecular complexity index is 533. The Labute approximate surface area is 127 Å². The van der Waals surface area contributed by atoms with Gasteiger partial charge in [0.15, 0.2) is 0 Å². The van der Waals surface area contributed by atoms with Gasteiger partial charge in [0.1, 0.15) is 12.3 Å². The van der Waals surface area contributed by atoms with Crippen molar-refractivity contribution in [3.05, 3.63) is 28.2 Å². The number of halogens is 1. The molecule has 0 aliphatic heterocycles. The number of carbonyl (C=O) groups is 1. The second-order valence-corrected chi connectivity index (χ2v) is 5.79. The van der Waals surface area contributed by atoms with Gasteiger partial charge < -0.3 is 9.64 Å². The topological polar surface area (TPSA) is 53.3 Å². The summed E-state index contributed by atoms with van der Waals surface area (Å²) in [6.07, 6.45) is 4.20. The largest absolute Gasteiger partial charge is 0.496 e. The van der Waals surface area contributed by atoms with Crippen LogP contribution in [0.5, 0.6) is 5.75 Å². The molecule has 20 heavy (non-hydrogen) atoms. The molecule has 0 heterocycles. The van der Waals surface area contributed by atoms with Crippen LogP contribution in [0.2, 0.25) is 0 Å². The third kappa shape index (κ3) is 3.13. The molecule has 0 N–H and O–H groups in total. The van der Waals surface area contributed by atoms with Gasteiger partial charge in [-0.2, -0.15) is 5.26 Å². The van der Waals surface area contributed by atoms with E-state index in [4.69, 9.17) is 10.00 Å².